The van der Waals surface area contributed by atoms with E-state index in [9.17, 15) is 13.9 Å². The Morgan fingerprint density at radius 2 is 1.95 bits per heavy atom. The van der Waals surface area contributed by atoms with Crippen molar-refractivity contribution in [1.29, 1.82) is 0 Å². The van der Waals surface area contributed by atoms with Crippen LogP contribution in [0.5, 0.6) is 5.75 Å². The molecular weight excluding hydrogens is 318 g/mol. The van der Waals surface area contributed by atoms with E-state index >= 15 is 0 Å². The smallest absolute Gasteiger partial charge is 0.171 e. The lowest BCUT2D eigenvalue weighted by molar-refractivity contribution is 0.213. The summed E-state index contributed by atoms with van der Waals surface area (Å²) in [5.74, 6) is -1.02. The molecule has 19 heavy (non-hydrogen) atoms. The Labute approximate surface area is 117 Å². The summed E-state index contributed by atoms with van der Waals surface area (Å²) in [6.45, 7) is 0. The molecule has 0 saturated carbocycles. The third-order valence-electron chi connectivity index (χ3n) is 2.77. The first-order valence-electron chi connectivity index (χ1n) is 5.50. The first-order chi connectivity index (χ1) is 9.04. The zero-order valence-corrected chi connectivity index (χ0v) is 11.6. The third kappa shape index (κ3) is 2.77. The van der Waals surface area contributed by atoms with Crippen LogP contribution >= 0.6 is 15.9 Å². The fourth-order valence-electron chi connectivity index (χ4n) is 1.76. The molecule has 0 radical (unpaired) electrons. The van der Waals surface area contributed by atoms with Gasteiger partial charge in [-0.3, -0.25) is 0 Å². The van der Waals surface area contributed by atoms with Crippen LogP contribution in [0.4, 0.5) is 8.78 Å². The SMILES string of the molecule is COc1cccc(C(O)c2ccc(F)c(Br)c2)c1F. The van der Waals surface area contributed by atoms with Crippen molar-refractivity contribution in [1.82, 2.24) is 0 Å². The summed E-state index contributed by atoms with van der Waals surface area (Å²) in [5.41, 5.74) is 0.471. The van der Waals surface area contributed by atoms with Crippen molar-refractivity contribution in [2.24, 2.45) is 0 Å². The van der Waals surface area contributed by atoms with Crippen LogP contribution in [0.1, 0.15) is 17.2 Å². The molecule has 2 aromatic rings. The van der Waals surface area contributed by atoms with Gasteiger partial charge in [0.1, 0.15) is 11.9 Å². The largest absolute Gasteiger partial charge is 0.494 e. The minimum Gasteiger partial charge on any atom is -0.494 e. The standard InChI is InChI=1S/C14H11BrF2O2/c1-19-12-4-2-3-9(13(12)17)14(18)8-5-6-11(16)10(15)7-8/h2-7,14,18H,1H3. The van der Waals surface area contributed by atoms with Gasteiger partial charge in [-0.25, -0.2) is 8.78 Å². The number of methoxy groups -OCH3 is 1. The maximum absolute atomic E-state index is 14.0. The van der Waals surface area contributed by atoms with Crippen LogP contribution in [-0.4, -0.2) is 12.2 Å². The monoisotopic (exact) mass is 328 g/mol. The predicted octanol–water partition coefficient (Wildman–Crippen LogP) is 3.82. The summed E-state index contributed by atoms with van der Waals surface area (Å²) in [7, 11) is 1.35. The van der Waals surface area contributed by atoms with Crippen LogP contribution in [0, 0.1) is 11.6 Å². The molecule has 0 saturated heterocycles. The molecule has 1 unspecified atom stereocenters. The highest BCUT2D eigenvalue weighted by atomic mass is 79.9. The number of halogens is 3. The zero-order chi connectivity index (χ0) is 14.0. The van der Waals surface area contributed by atoms with Gasteiger partial charge in [0.15, 0.2) is 11.6 Å². The molecule has 0 fully saturated rings. The number of hydrogen-bond donors (Lipinski definition) is 1. The van der Waals surface area contributed by atoms with Crippen LogP contribution < -0.4 is 4.74 Å². The highest BCUT2D eigenvalue weighted by molar-refractivity contribution is 9.10. The summed E-state index contributed by atoms with van der Waals surface area (Å²) in [6, 6.07) is 8.54. The predicted molar refractivity (Wildman–Crippen MR) is 71.1 cm³/mol. The Balaban J connectivity index is 2.43. The van der Waals surface area contributed by atoms with Crippen LogP contribution in [0.25, 0.3) is 0 Å². The quantitative estimate of drug-likeness (QED) is 0.928. The number of rotatable bonds is 3. The van der Waals surface area contributed by atoms with E-state index in [1.165, 1.54) is 37.4 Å². The molecule has 0 aliphatic carbocycles. The summed E-state index contributed by atoms with van der Waals surface area (Å²) in [6.07, 6.45) is -1.19. The molecule has 5 heteroatoms. The highest BCUT2D eigenvalue weighted by Gasteiger charge is 2.18. The summed E-state index contributed by atoms with van der Waals surface area (Å²) >= 11 is 3.03. The van der Waals surface area contributed by atoms with Gasteiger partial charge < -0.3 is 9.84 Å². The highest BCUT2D eigenvalue weighted by Crippen LogP contribution is 2.30. The van der Waals surface area contributed by atoms with Gasteiger partial charge in [-0.15, -0.1) is 0 Å². The lowest BCUT2D eigenvalue weighted by atomic mass is 10.0. The molecule has 0 spiro atoms. The fraction of sp³-hybridized carbons (Fsp3) is 0.143. The Bertz CT molecular complexity index is 602. The van der Waals surface area contributed by atoms with Crippen molar-refractivity contribution in [3.8, 4) is 5.75 Å². The lowest BCUT2D eigenvalue weighted by Gasteiger charge is -2.14. The van der Waals surface area contributed by atoms with Crippen LogP contribution in [0.15, 0.2) is 40.9 Å². The maximum atomic E-state index is 14.0. The second-order valence-electron chi connectivity index (χ2n) is 3.94. The molecule has 1 N–H and O–H groups in total. The third-order valence-corrected chi connectivity index (χ3v) is 3.37. The Morgan fingerprint density at radius 1 is 1.21 bits per heavy atom. The Morgan fingerprint density at radius 3 is 2.58 bits per heavy atom. The van der Waals surface area contributed by atoms with Crippen molar-refractivity contribution in [2.45, 2.75) is 6.10 Å². The number of aliphatic hydroxyl groups is 1. The van der Waals surface area contributed by atoms with Crippen molar-refractivity contribution in [2.75, 3.05) is 7.11 Å². The van der Waals surface area contributed by atoms with Crippen molar-refractivity contribution in [3.05, 3.63) is 63.6 Å². The van der Waals surface area contributed by atoms with E-state index < -0.39 is 17.7 Å². The van der Waals surface area contributed by atoms with Crippen LogP contribution in [0.2, 0.25) is 0 Å². The van der Waals surface area contributed by atoms with Crippen LogP contribution in [-0.2, 0) is 0 Å². The maximum Gasteiger partial charge on any atom is 0.171 e. The molecule has 100 valence electrons. The molecule has 1 atom stereocenters. The van der Waals surface area contributed by atoms with E-state index in [4.69, 9.17) is 4.74 Å². The number of hydrogen-bond acceptors (Lipinski definition) is 2. The molecule has 0 heterocycles. The van der Waals surface area contributed by atoms with Gasteiger partial charge in [0.05, 0.1) is 11.6 Å². The normalized spacial score (nSPS) is 12.3. The van der Waals surface area contributed by atoms with Crippen LogP contribution in [0.3, 0.4) is 0 Å². The van der Waals surface area contributed by atoms with E-state index in [-0.39, 0.29) is 15.8 Å². The lowest BCUT2D eigenvalue weighted by Crippen LogP contribution is -2.04. The summed E-state index contributed by atoms with van der Waals surface area (Å²) < 4.78 is 32.2. The molecule has 0 amide bonds. The molecule has 0 aliphatic heterocycles. The minimum absolute atomic E-state index is 0.0535. The van der Waals surface area contributed by atoms with Crippen molar-refractivity contribution >= 4 is 15.9 Å². The average molecular weight is 329 g/mol. The molecule has 2 rings (SSSR count). The van der Waals surface area contributed by atoms with Gasteiger partial charge in [0.2, 0.25) is 0 Å². The Kier molecular flexibility index (Phi) is 4.17. The molecule has 0 aromatic heterocycles. The van der Waals surface area contributed by atoms with Gasteiger partial charge in [0.25, 0.3) is 0 Å². The molecule has 2 nitrogen and oxygen atoms in total. The number of aliphatic hydroxyl groups excluding tert-OH is 1. The molecular formula is C14H11BrF2O2. The van der Waals surface area contributed by atoms with Gasteiger partial charge in [-0.2, -0.15) is 0 Å². The van der Waals surface area contributed by atoms with Gasteiger partial charge >= 0.3 is 0 Å². The molecule has 2 aromatic carbocycles. The van der Waals surface area contributed by atoms with Gasteiger partial charge in [0, 0.05) is 5.56 Å². The Hall–Kier alpha value is -1.46. The van der Waals surface area contributed by atoms with E-state index in [1.807, 2.05) is 0 Å². The first kappa shape index (κ1) is 14.0. The number of ether oxygens (including phenoxy) is 1. The van der Waals surface area contributed by atoms with E-state index in [0.29, 0.717) is 5.56 Å². The first-order valence-corrected chi connectivity index (χ1v) is 6.29. The zero-order valence-electron chi connectivity index (χ0n) is 10.0. The second-order valence-corrected chi connectivity index (χ2v) is 4.79. The van der Waals surface area contributed by atoms with E-state index in [1.54, 1.807) is 6.07 Å². The molecule has 0 aliphatic rings. The van der Waals surface area contributed by atoms with E-state index in [2.05, 4.69) is 15.9 Å². The fourth-order valence-corrected chi connectivity index (χ4v) is 2.16. The van der Waals surface area contributed by atoms with Crippen molar-refractivity contribution in [3.63, 3.8) is 0 Å². The topological polar surface area (TPSA) is 29.5 Å². The average Bonchev–Trinajstić information content (AvgIpc) is 2.41. The number of benzene rings is 2. The van der Waals surface area contributed by atoms with E-state index in [0.717, 1.165) is 0 Å². The summed E-state index contributed by atoms with van der Waals surface area (Å²) in [5, 5.41) is 10.2. The van der Waals surface area contributed by atoms with Gasteiger partial charge in [-0.1, -0.05) is 18.2 Å². The summed E-state index contributed by atoms with van der Waals surface area (Å²) in [4.78, 5) is 0. The minimum atomic E-state index is -1.19. The van der Waals surface area contributed by atoms with Gasteiger partial charge in [-0.05, 0) is 39.7 Å². The molecule has 0 bridgehead atoms. The second kappa shape index (κ2) is 5.67. The van der Waals surface area contributed by atoms with Crippen molar-refractivity contribution < 1.29 is 18.6 Å².